The monoisotopic (exact) mass is 290 g/mol. The lowest BCUT2D eigenvalue weighted by Gasteiger charge is -2.14. The zero-order valence-corrected chi connectivity index (χ0v) is 12.8. The van der Waals surface area contributed by atoms with E-state index < -0.39 is 0 Å². The second-order valence-corrected chi connectivity index (χ2v) is 5.45. The lowest BCUT2D eigenvalue weighted by Crippen LogP contribution is -2.42. The van der Waals surface area contributed by atoms with Crippen LogP contribution >= 0.6 is 0 Å². The minimum absolute atomic E-state index is 0.0500. The number of carbonyl (C=O) groups is 2. The molecule has 1 unspecified atom stereocenters. The van der Waals surface area contributed by atoms with Crippen molar-refractivity contribution < 1.29 is 14.3 Å². The third-order valence-electron chi connectivity index (χ3n) is 3.90. The van der Waals surface area contributed by atoms with Gasteiger partial charge >= 0.3 is 0 Å². The van der Waals surface area contributed by atoms with E-state index in [1.807, 2.05) is 13.0 Å². The van der Waals surface area contributed by atoms with Crippen molar-refractivity contribution in [2.24, 2.45) is 0 Å². The second kappa shape index (κ2) is 6.61. The molecule has 0 bridgehead atoms. The van der Waals surface area contributed by atoms with Crippen LogP contribution in [0.3, 0.4) is 0 Å². The van der Waals surface area contributed by atoms with Crippen molar-refractivity contribution >= 4 is 11.8 Å². The number of aryl methyl sites for hydroxylation is 2. The maximum atomic E-state index is 11.9. The zero-order valence-electron chi connectivity index (χ0n) is 12.8. The highest BCUT2D eigenvalue weighted by atomic mass is 16.5. The van der Waals surface area contributed by atoms with Crippen LogP contribution < -0.4 is 15.4 Å². The van der Waals surface area contributed by atoms with E-state index in [4.69, 9.17) is 4.74 Å². The highest BCUT2D eigenvalue weighted by Crippen LogP contribution is 2.23. The van der Waals surface area contributed by atoms with Gasteiger partial charge < -0.3 is 15.4 Å². The molecule has 1 saturated heterocycles. The van der Waals surface area contributed by atoms with Gasteiger partial charge in [-0.2, -0.15) is 0 Å². The Morgan fingerprint density at radius 3 is 2.71 bits per heavy atom. The van der Waals surface area contributed by atoms with E-state index in [0.29, 0.717) is 25.8 Å². The molecule has 1 atom stereocenters. The van der Waals surface area contributed by atoms with Gasteiger partial charge in [0, 0.05) is 13.0 Å². The predicted octanol–water partition coefficient (Wildman–Crippen LogP) is 1.25. The van der Waals surface area contributed by atoms with Gasteiger partial charge in [-0.3, -0.25) is 9.59 Å². The van der Waals surface area contributed by atoms with Crippen LogP contribution in [0.2, 0.25) is 0 Å². The first kappa shape index (κ1) is 15.4. The van der Waals surface area contributed by atoms with Crippen molar-refractivity contribution in [1.29, 1.82) is 0 Å². The number of rotatable bonds is 5. The van der Waals surface area contributed by atoms with Crippen LogP contribution in [0.1, 0.15) is 29.5 Å². The van der Waals surface area contributed by atoms with Crippen molar-refractivity contribution in [1.82, 2.24) is 10.6 Å². The number of amides is 2. The molecule has 2 N–H and O–H groups in total. The van der Waals surface area contributed by atoms with Crippen LogP contribution in [0, 0.1) is 13.8 Å². The fraction of sp³-hybridized carbons (Fsp3) is 0.500. The Morgan fingerprint density at radius 1 is 1.38 bits per heavy atom. The SMILES string of the molecule is COc1cc(C)c(C)cc1CCNC(=O)C1CCC(=O)N1. The van der Waals surface area contributed by atoms with E-state index in [-0.39, 0.29) is 17.9 Å². The molecule has 0 radical (unpaired) electrons. The fourth-order valence-electron chi connectivity index (χ4n) is 2.49. The molecular formula is C16H22N2O3. The number of hydrogen-bond donors (Lipinski definition) is 2. The van der Waals surface area contributed by atoms with Gasteiger partial charge in [0.1, 0.15) is 11.8 Å². The molecule has 21 heavy (non-hydrogen) atoms. The molecular weight excluding hydrogens is 268 g/mol. The van der Waals surface area contributed by atoms with Gasteiger partial charge in [0.15, 0.2) is 0 Å². The summed E-state index contributed by atoms with van der Waals surface area (Å²) in [5.41, 5.74) is 3.48. The Labute approximate surface area is 125 Å². The molecule has 0 saturated carbocycles. The van der Waals surface area contributed by atoms with E-state index in [2.05, 4.69) is 23.6 Å². The molecule has 0 aliphatic carbocycles. The summed E-state index contributed by atoms with van der Waals surface area (Å²) >= 11 is 0. The summed E-state index contributed by atoms with van der Waals surface area (Å²) in [5, 5.41) is 5.54. The maximum absolute atomic E-state index is 11.9. The molecule has 2 amide bonds. The number of methoxy groups -OCH3 is 1. The van der Waals surface area contributed by atoms with Gasteiger partial charge in [-0.1, -0.05) is 6.07 Å². The number of benzene rings is 1. The highest BCUT2D eigenvalue weighted by Gasteiger charge is 2.26. The predicted molar refractivity (Wildman–Crippen MR) is 80.3 cm³/mol. The summed E-state index contributed by atoms with van der Waals surface area (Å²) in [4.78, 5) is 23.0. The molecule has 1 fully saturated rings. The third kappa shape index (κ3) is 3.74. The standard InChI is InChI=1S/C16H22N2O3/c1-10-8-12(14(21-3)9-11(10)2)6-7-17-16(20)13-4-5-15(19)18-13/h8-9,13H,4-7H2,1-3H3,(H,17,20)(H,18,19). The van der Waals surface area contributed by atoms with E-state index in [1.165, 1.54) is 11.1 Å². The zero-order chi connectivity index (χ0) is 15.4. The molecule has 5 heteroatoms. The van der Waals surface area contributed by atoms with E-state index in [9.17, 15) is 9.59 Å². The summed E-state index contributed by atoms with van der Waals surface area (Å²) in [7, 11) is 1.65. The van der Waals surface area contributed by atoms with Crippen LogP contribution in [0.5, 0.6) is 5.75 Å². The lowest BCUT2D eigenvalue weighted by molar-refractivity contribution is -0.125. The molecule has 5 nitrogen and oxygen atoms in total. The Hall–Kier alpha value is -2.04. The topological polar surface area (TPSA) is 67.4 Å². The van der Waals surface area contributed by atoms with Crippen LogP contribution in [0.4, 0.5) is 0 Å². The van der Waals surface area contributed by atoms with Crippen molar-refractivity contribution in [2.75, 3.05) is 13.7 Å². The highest BCUT2D eigenvalue weighted by molar-refractivity contribution is 5.90. The average Bonchev–Trinajstić information content (AvgIpc) is 2.89. The largest absolute Gasteiger partial charge is 0.496 e. The number of carbonyl (C=O) groups excluding carboxylic acids is 2. The average molecular weight is 290 g/mol. The molecule has 1 aliphatic heterocycles. The molecule has 2 rings (SSSR count). The first-order chi connectivity index (χ1) is 10.0. The molecule has 1 aliphatic rings. The summed E-state index contributed by atoms with van der Waals surface area (Å²) in [6.07, 6.45) is 1.72. The Bertz CT molecular complexity index is 555. The van der Waals surface area contributed by atoms with Crippen molar-refractivity contribution in [3.63, 3.8) is 0 Å². The molecule has 114 valence electrons. The molecule has 1 aromatic carbocycles. The van der Waals surface area contributed by atoms with Crippen LogP contribution in [-0.2, 0) is 16.0 Å². The maximum Gasteiger partial charge on any atom is 0.242 e. The van der Waals surface area contributed by atoms with Gasteiger partial charge in [-0.15, -0.1) is 0 Å². The minimum atomic E-state index is -0.376. The Morgan fingerprint density at radius 2 is 2.10 bits per heavy atom. The van der Waals surface area contributed by atoms with E-state index in [1.54, 1.807) is 7.11 Å². The minimum Gasteiger partial charge on any atom is -0.496 e. The molecule has 0 spiro atoms. The Balaban J connectivity index is 1.90. The van der Waals surface area contributed by atoms with Gasteiger partial charge in [-0.05, 0) is 49.4 Å². The van der Waals surface area contributed by atoms with Gasteiger partial charge in [0.25, 0.3) is 0 Å². The normalized spacial score (nSPS) is 17.5. The number of hydrogen-bond acceptors (Lipinski definition) is 3. The van der Waals surface area contributed by atoms with Crippen LogP contribution in [0.15, 0.2) is 12.1 Å². The summed E-state index contributed by atoms with van der Waals surface area (Å²) in [6, 6.07) is 3.74. The summed E-state index contributed by atoms with van der Waals surface area (Å²) in [5.74, 6) is 0.691. The molecule has 1 heterocycles. The van der Waals surface area contributed by atoms with Crippen LogP contribution in [-0.4, -0.2) is 31.5 Å². The summed E-state index contributed by atoms with van der Waals surface area (Å²) in [6.45, 7) is 4.64. The van der Waals surface area contributed by atoms with Gasteiger partial charge in [0.2, 0.25) is 11.8 Å². The third-order valence-corrected chi connectivity index (χ3v) is 3.90. The fourth-order valence-corrected chi connectivity index (χ4v) is 2.49. The van der Waals surface area contributed by atoms with Gasteiger partial charge in [0.05, 0.1) is 7.11 Å². The van der Waals surface area contributed by atoms with Crippen LogP contribution in [0.25, 0.3) is 0 Å². The lowest BCUT2D eigenvalue weighted by atomic mass is 10.0. The van der Waals surface area contributed by atoms with E-state index >= 15 is 0 Å². The first-order valence-electron chi connectivity index (χ1n) is 7.22. The number of nitrogens with one attached hydrogen (secondary N) is 2. The first-order valence-corrected chi connectivity index (χ1v) is 7.22. The van der Waals surface area contributed by atoms with Crippen molar-refractivity contribution in [2.45, 2.75) is 39.2 Å². The van der Waals surface area contributed by atoms with Crippen molar-refractivity contribution in [3.8, 4) is 5.75 Å². The number of ether oxygens (including phenoxy) is 1. The Kier molecular flexibility index (Phi) is 4.83. The smallest absolute Gasteiger partial charge is 0.242 e. The molecule has 0 aromatic heterocycles. The van der Waals surface area contributed by atoms with E-state index in [0.717, 1.165) is 11.3 Å². The van der Waals surface area contributed by atoms with Crippen molar-refractivity contribution in [3.05, 3.63) is 28.8 Å². The quantitative estimate of drug-likeness (QED) is 0.857. The summed E-state index contributed by atoms with van der Waals surface area (Å²) < 4.78 is 5.38. The molecule has 1 aromatic rings. The second-order valence-electron chi connectivity index (χ2n) is 5.45. The van der Waals surface area contributed by atoms with Gasteiger partial charge in [-0.25, -0.2) is 0 Å².